The van der Waals surface area contributed by atoms with E-state index in [9.17, 15) is 4.79 Å². The lowest BCUT2D eigenvalue weighted by Crippen LogP contribution is -2.22. The summed E-state index contributed by atoms with van der Waals surface area (Å²) < 4.78 is 2.14. The number of carbonyl (C=O) groups excluding carboxylic acids is 1. The number of benzene rings is 2. The fourth-order valence-electron chi connectivity index (χ4n) is 4.63. The molecule has 0 spiro atoms. The third kappa shape index (κ3) is 4.00. The quantitative estimate of drug-likeness (QED) is 0.705. The molecule has 0 aliphatic carbocycles. The molecule has 0 radical (unpaired) electrons. The van der Waals surface area contributed by atoms with E-state index in [4.69, 9.17) is 0 Å². The van der Waals surface area contributed by atoms with E-state index in [0.29, 0.717) is 5.92 Å². The normalized spacial score (nSPS) is 18.9. The SMILES string of the molecule is O=C(Nc1ccc([C@@H]2CCc3nncn3C2)cc1)c1ccccc1CN1CCCC1. The topological polar surface area (TPSA) is 63.1 Å². The van der Waals surface area contributed by atoms with Crippen molar-refractivity contribution >= 4 is 11.6 Å². The van der Waals surface area contributed by atoms with Crippen LogP contribution in [-0.4, -0.2) is 38.7 Å². The van der Waals surface area contributed by atoms with Crippen molar-refractivity contribution in [2.45, 2.75) is 44.7 Å². The summed E-state index contributed by atoms with van der Waals surface area (Å²) in [6, 6.07) is 16.2. The Morgan fingerprint density at radius 2 is 1.87 bits per heavy atom. The molecule has 1 fully saturated rings. The van der Waals surface area contributed by atoms with Gasteiger partial charge in [0.25, 0.3) is 5.91 Å². The zero-order valence-electron chi connectivity index (χ0n) is 17.1. The molecule has 30 heavy (non-hydrogen) atoms. The first-order chi connectivity index (χ1) is 14.8. The molecule has 0 unspecified atom stereocenters. The lowest BCUT2D eigenvalue weighted by Gasteiger charge is -2.23. The van der Waals surface area contributed by atoms with Gasteiger partial charge in [-0.2, -0.15) is 0 Å². The molecule has 3 aromatic rings. The number of rotatable bonds is 5. The largest absolute Gasteiger partial charge is 0.322 e. The molecule has 1 amide bonds. The van der Waals surface area contributed by atoms with Crippen LogP contribution < -0.4 is 5.32 Å². The van der Waals surface area contributed by atoms with Crippen molar-refractivity contribution in [2.75, 3.05) is 18.4 Å². The number of amides is 1. The van der Waals surface area contributed by atoms with Gasteiger partial charge >= 0.3 is 0 Å². The average molecular weight is 402 g/mol. The summed E-state index contributed by atoms with van der Waals surface area (Å²) in [5, 5.41) is 11.3. The summed E-state index contributed by atoms with van der Waals surface area (Å²) >= 11 is 0. The van der Waals surface area contributed by atoms with Gasteiger partial charge in [0.15, 0.2) is 0 Å². The van der Waals surface area contributed by atoms with Crippen molar-refractivity contribution in [2.24, 2.45) is 0 Å². The van der Waals surface area contributed by atoms with Crippen LogP contribution in [0.15, 0.2) is 54.9 Å². The van der Waals surface area contributed by atoms with Crippen LogP contribution in [0.4, 0.5) is 5.69 Å². The second-order valence-corrected chi connectivity index (χ2v) is 8.35. The number of hydrogen-bond donors (Lipinski definition) is 1. The highest BCUT2D eigenvalue weighted by molar-refractivity contribution is 6.05. The fraction of sp³-hybridized carbons (Fsp3) is 0.375. The van der Waals surface area contributed by atoms with E-state index in [1.165, 1.54) is 18.4 Å². The maximum absolute atomic E-state index is 13.0. The summed E-state index contributed by atoms with van der Waals surface area (Å²) in [4.78, 5) is 15.4. The number of likely N-dealkylation sites (tertiary alicyclic amines) is 1. The minimum Gasteiger partial charge on any atom is -0.322 e. The fourth-order valence-corrected chi connectivity index (χ4v) is 4.63. The smallest absolute Gasteiger partial charge is 0.255 e. The van der Waals surface area contributed by atoms with Crippen molar-refractivity contribution in [1.82, 2.24) is 19.7 Å². The van der Waals surface area contributed by atoms with Gasteiger partial charge in [-0.3, -0.25) is 9.69 Å². The first-order valence-electron chi connectivity index (χ1n) is 10.8. The Balaban J connectivity index is 1.26. The molecule has 3 heterocycles. The highest BCUT2D eigenvalue weighted by Crippen LogP contribution is 2.29. The van der Waals surface area contributed by atoms with E-state index >= 15 is 0 Å². The van der Waals surface area contributed by atoms with Crippen LogP contribution in [-0.2, 0) is 19.5 Å². The molecule has 1 atom stereocenters. The summed E-state index contributed by atoms with van der Waals surface area (Å²) in [6.07, 6.45) is 6.35. The second-order valence-electron chi connectivity index (χ2n) is 8.35. The van der Waals surface area contributed by atoms with Gasteiger partial charge in [0, 0.05) is 36.7 Å². The summed E-state index contributed by atoms with van der Waals surface area (Å²) in [5.74, 6) is 1.49. The second kappa shape index (κ2) is 8.40. The van der Waals surface area contributed by atoms with E-state index in [2.05, 4.69) is 43.2 Å². The number of aromatic nitrogens is 3. The maximum Gasteiger partial charge on any atom is 0.255 e. The maximum atomic E-state index is 13.0. The zero-order valence-corrected chi connectivity index (χ0v) is 17.1. The Hall–Kier alpha value is -2.99. The minimum absolute atomic E-state index is 0.0376. The molecule has 6 heteroatoms. The molecule has 1 N–H and O–H groups in total. The number of carbonyl (C=O) groups is 1. The van der Waals surface area contributed by atoms with Crippen LogP contribution in [0.25, 0.3) is 0 Å². The number of nitrogens with zero attached hydrogens (tertiary/aromatic N) is 4. The number of hydrogen-bond acceptors (Lipinski definition) is 4. The molecule has 2 aromatic carbocycles. The molecule has 2 aliphatic heterocycles. The number of fused-ring (bicyclic) bond motifs is 1. The van der Waals surface area contributed by atoms with Crippen LogP contribution in [0.2, 0.25) is 0 Å². The third-order valence-electron chi connectivity index (χ3n) is 6.32. The van der Waals surface area contributed by atoms with Gasteiger partial charge in [-0.15, -0.1) is 10.2 Å². The minimum atomic E-state index is -0.0376. The van der Waals surface area contributed by atoms with Crippen molar-refractivity contribution in [3.05, 3.63) is 77.4 Å². The van der Waals surface area contributed by atoms with Crippen molar-refractivity contribution < 1.29 is 4.79 Å². The molecule has 1 aromatic heterocycles. The van der Waals surface area contributed by atoms with Crippen LogP contribution in [0.5, 0.6) is 0 Å². The van der Waals surface area contributed by atoms with Gasteiger partial charge < -0.3 is 9.88 Å². The van der Waals surface area contributed by atoms with Crippen LogP contribution in [0, 0.1) is 0 Å². The third-order valence-corrected chi connectivity index (χ3v) is 6.32. The van der Waals surface area contributed by atoms with Crippen LogP contribution in [0.3, 0.4) is 0 Å². The molecule has 154 valence electrons. The number of aryl methyl sites for hydroxylation is 1. The van der Waals surface area contributed by atoms with E-state index in [-0.39, 0.29) is 5.91 Å². The van der Waals surface area contributed by atoms with Crippen molar-refractivity contribution in [3.63, 3.8) is 0 Å². The molecule has 1 saturated heterocycles. The molecule has 6 nitrogen and oxygen atoms in total. The predicted molar refractivity (Wildman–Crippen MR) is 116 cm³/mol. The highest BCUT2D eigenvalue weighted by atomic mass is 16.1. The summed E-state index contributed by atoms with van der Waals surface area (Å²) in [5.41, 5.74) is 3.99. The van der Waals surface area contributed by atoms with Crippen molar-refractivity contribution in [3.8, 4) is 0 Å². The van der Waals surface area contributed by atoms with Gasteiger partial charge in [0.1, 0.15) is 12.2 Å². The van der Waals surface area contributed by atoms with Gasteiger partial charge in [-0.25, -0.2) is 0 Å². The molecule has 0 saturated carbocycles. The monoisotopic (exact) mass is 401 g/mol. The van der Waals surface area contributed by atoms with Gasteiger partial charge in [-0.05, 0) is 61.7 Å². The van der Waals surface area contributed by atoms with Gasteiger partial charge in [0.2, 0.25) is 0 Å². The Kier molecular flexibility index (Phi) is 5.32. The Morgan fingerprint density at radius 1 is 1.07 bits per heavy atom. The Bertz CT molecular complexity index is 1020. The standard InChI is InChI=1S/C24H27N5O/c30-24(22-6-2-1-5-20(22)15-28-13-3-4-14-28)26-21-10-7-18(8-11-21)19-9-12-23-27-25-17-29(23)16-19/h1-2,5-8,10-11,17,19H,3-4,9,12-16H2,(H,26,30)/t19-/m1/s1. The van der Waals surface area contributed by atoms with Crippen molar-refractivity contribution in [1.29, 1.82) is 0 Å². The molecule has 0 bridgehead atoms. The lowest BCUT2D eigenvalue weighted by molar-refractivity contribution is 0.102. The van der Waals surface area contributed by atoms with E-state index in [0.717, 1.165) is 61.7 Å². The first kappa shape index (κ1) is 19.0. The molecule has 2 aliphatic rings. The van der Waals surface area contributed by atoms with Crippen LogP contribution >= 0.6 is 0 Å². The molecular formula is C24H27N5O. The summed E-state index contributed by atoms with van der Waals surface area (Å²) in [7, 11) is 0. The molecular weight excluding hydrogens is 374 g/mol. The van der Waals surface area contributed by atoms with E-state index in [1.807, 2.05) is 36.7 Å². The number of nitrogens with one attached hydrogen (secondary N) is 1. The summed E-state index contributed by atoms with van der Waals surface area (Å²) in [6.45, 7) is 4.00. The predicted octanol–water partition coefficient (Wildman–Crippen LogP) is 3.86. The highest BCUT2D eigenvalue weighted by Gasteiger charge is 2.21. The van der Waals surface area contributed by atoms with E-state index in [1.54, 1.807) is 0 Å². The Labute approximate surface area is 176 Å². The molecule has 5 rings (SSSR count). The van der Waals surface area contributed by atoms with Crippen LogP contribution in [0.1, 0.15) is 52.5 Å². The zero-order chi connectivity index (χ0) is 20.3. The van der Waals surface area contributed by atoms with Gasteiger partial charge in [-0.1, -0.05) is 30.3 Å². The first-order valence-corrected chi connectivity index (χ1v) is 10.8. The van der Waals surface area contributed by atoms with Gasteiger partial charge in [0.05, 0.1) is 0 Å². The Morgan fingerprint density at radius 3 is 2.70 bits per heavy atom. The average Bonchev–Trinajstić information content (AvgIpc) is 3.46. The van der Waals surface area contributed by atoms with E-state index < -0.39 is 0 Å². The number of anilines is 1. The lowest BCUT2D eigenvalue weighted by atomic mass is 9.91.